The van der Waals surface area contributed by atoms with Crippen LogP contribution >= 0.6 is 0 Å². The molecule has 1 atom stereocenters. The zero-order valence-corrected chi connectivity index (χ0v) is 19.9. The summed E-state index contributed by atoms with van der Waals surface area (Å²) in [5, 5.41) is 2.88. The number of anilines is 1. The van der Waals surface area contributed by atoms with E-state index in [4.69, 9.17) is 9.47 Å². The lowest BCUT2D eigenvalue weighted by Crippen LogP contribution is -2.41. The van der Waals surface area contributed by atoms with Gasteiger partial charge in [0.2, 0.25) is 5.91 Å². The van der Waals surface area contributed by atoms with Crippen molar-refractivity contribution in [3.05, 3.63) is 83.9 Å². The zero-order valence-electron chi connectivity index (χ0n) is 19.1. The van der Waals surface area contributed by atoms with E-state index in [-0.39, 0.29) is 4.90 Å². The van der Waals surface area contributed by atoms with Gasteiger partial charge in [0, 0.05) is 5.56 Å². The third-order valence-corrected chi connectivity index (χ3v) is 6.98. The number of amides is 1. The van der Waals surface area contributed by atoms with Crippen LogP contribution in [0.4, 0.5) is 5.69 Å². The minimum absolute atomic E-state index is 0.0825. The Morgan fingerprint density at radius 2 is 1.58 bits per heavy atom. The summed E-state index contributed by atoms with van der Waals surface area (Å²) in [7, 11) is -1.02. The molecule has 33 heavy (non-hydrogen) atoms. The van der Waals surface area contributed by atoms with Crippen molar-refractivity contribution in [3.8, 4) is 11.5 Å². The minimum atomic E-state index is -4.04. The van der Waals surface area contributed by atoms with Gasteiger partial charge in [-0.3, -0.25) is 9.10 Å². The fraction of sp³-hybridized carbons (Fsp3) is 0.240. The average Bonchev–Trinajstić information content (AvgIpc) is 2.82. The van der Waals surface area contributed by atoms with Gasteiger partial charge in [-0.1, -0.05) is 42.5 Å². The number of ether oxygens (including phenoxy) is 2. The highest BCUT2D eigenvalue weighted by atomic mass is 32.2. The van der Waals surface area contributed by atoms with Crippen molar-refractivity contribution < 1.29 is 22.7 Å². The monoisotopic (exact) mass is 468 g/mol. The number of sulfonamides is 1. The molecule has 3 aromatic rings. The minimum Gasteiger partial charge on any atom is -0.496 e. The Hall–Kier alpha value is -3.52. The van der Waals surface area contributed by atoms with Gasteiger partial charge >= 0.3 is 0 Å². The second kappa shape index (κ2) is 10.4. The van der Waals surface area contributed by atoms with E-state index in [1.807, 2.05) is 44.2 Å². The Morgan fingerprint density at radius 3 is 2.24 bits per heavy atom. The van der Waals surface area contributed by atoms with Crippen LogP contribution in [-0.4, -0.2) is 35.1 Å². The molecule has 0 aromatic heterocycles. The number of methoxy groups -OCH3 is 2. The van der Waals surface area contributed by atoms with Gasteiger partial charge in [-0.25, -0.2) is 8.42 Å². The first-order valence-corrected chi connectivity index (χ1v) is 11.9. The lowest BCUT2D eigenvalue weighted by atomic mass is 10.1. The number of hydrogen-bond acceptors (Lipinski definition) is 5. The molecule has 0 aliphatic heterocycles. The van der Waals surface area contributed by atoms with Crippen molar-refractivity contribution in [3.63, 3.8) is 0 Å². The number of benzene rings is 3. The van der Waals surface area contributed by atoms with Crippen molar-refractivity contribution in [1.82, 2.24) is 5.32 Å². The van der Waals surface area contributed by atoms with E-state index in [2.05, 4.69) is 5.32 Å². The number of carbonyl (C=O) groups is 1. The first-order chi connectivity index (χ1) is 15.8. The number of nitrogens with one attached hydrogen (secondary N) is 1. The van der Waals surface area contributed by atoms with Crippen LogP contribution in [0.1, 0.15) is 24.1 Å². The topological polar surface area (TPSA) is 84.9 Å². The van der Waals surface area contributed by atoms with Gasteiger partial charge in [0.05, 0.1) is 30.8 Å². The van der Waals surface area contributed by atoms with E-state index >= 15 is 0 Å². The molecular weight excluding hydrogens is 440 g/mol. The maximum atomic E-state index is 13.6. The van der Waals surface area contributed by atoms with E-state index in [0.717, 1.165) is 15.4 Å². The normalized spacial score (nSPS) is 12.0. The molecule has 7 nitrogen and oxygen atoms in total. The fourth-order valence-corrected chi connectivity index (χ4v) is 4.98. The Kier molecular flexibility index (Phi) is 7.60. The predicted octanol–water partition coefficient (Wildman–Crippen LogP) is 4.08. The Balaban J connectivity index is 1.97. The van der Waals surface area contributed by atoms with Crippen LogP contribution in [0.3, 0.4) is 0 Å². The molecule has 0 heterocycles. The summed E-state index contributed by atoms with van der Waals surface area (Å²) in [5.41, 5.74) is 1.92. The molecule has 0 bridgehead atoms. The molecule has 8 heteroatoms. The standard InChI is InChI=1S/C25H28N2O5S/c1-18-14-15-24(32-4)22(16-18)27(33(29,30)20-10-6-5-7-11-20)17-25(28)26-19(2)21-12-8-9-13-23(21)31-3/h5-16,19H,17H2,1-4H3,(H,26,28)/t19-/m1/s1. The van der Waals surface area contributed by atoms with Crippen molar-refractivity contribution in [2.45, 2.75) is 24.8 Å². The van der Waals surface area contributed by atoms with Crippen LogP contribution in [0.15, 0.2) is 77.7 Å². The van der Waals surface area contributed by atoms with E-state index in [1.165, 1.54) is 19.2 Å². The van der Waals surface area contributed by atoms with Gasteiger partial charge < -0.3 is 14.8 Å². The maximum Gasteiger partial charge on any atom is 0.264 e. The molecule has 1 N–H and O–H groups in total. The second-order valence-corrected chi connectivity index (χ2v) is 9.39. The summed E-state index contributed by atoms with van der Waals surface area (Å²) in [6.07, 6.45) is 0. The highest BCUT2D eigenvalue weighted by Crippen LogP contribution is 2.33. The van der Waals surface area contributed by atoms with Crippen molar-refractivity contribution in [1.29, 1.82) is 0 Å². The molecule has 0 spiro atoms. The van der Waals surface area contributed by atoms with Crippen LogP contribution in [-0.2, 0) is 14.8 Å². The first kappa shape index (κ1) is 24.1. The average molecular weight is 469 g/mol. The highest BCUT2D eigenvalue weighted by molar-refractivity contribution is 7.92. The highest BCUT2D eigenvalue weighted by Gasteiger charge is 2.30. The molecule has 0 saturated heterocycles. The molecule has 174 valence electrons. The quantitative estimate of drug-likeness (QED) is 0.511. The van der Waals surface area contributed by atoms with Gasteiger partial charge in [0.15, 0.2) is 0 Å². The van der Waals surface area contributed by atoms with Gasteiger partial charge in [0.25, 0.3) is 10.0 Å². The summed E-state index contributed by atoms with van der Waals surface area (Å²) in [6.45, 7) is 3.25. The number of rotatable bonds is 9. The fourth-order valence-electron chi connectivity index (χ4n) is 3.53. The Bertz CT molecular complexity index is 1210. The largest absolute Gasteiger partial charge is 0.496 e. The first-order valence-electron chi connectivity index (χ1n) is 10.4. The van der Waals surface area contributed by atoms with Crippen LogP contribution in [0, 0.1) is 6.92 Å². The summed E-state index contributed by atoms with van der Waals surface area (Å²) in [6, 6.07) is 20.2. The predicted molar refractivity (Wildman–Crippen MR) is 128 cm³/mol. The van der Waals surface area contributed by atoms with E-state index in [1.54, 1.807) is 37.4 Å². The van der Waals surface area contributed by atoms with Gasteiger partial charge in [-0.05, 0) is 49.7 Å². The van der Waals surface area contributed by atoms with Crippen LogP contribution < -0.4 is 19.1 Å². The van der Waals surface area contributed by atoms with Crippen molar-refractivity contribution >= 4 is 21.6 Å². The van der Waals surface area contributed by atoms with Gasteiger partial charge in [-0.15, -0.1) is 0 Å². The van der Waals surface area contributed by atoms with Crippen molar-refractivity contribution in [2.75, 3.05) is 25.1 Å². The number of para-hydroxylation sites is 1. The third-order valence-electron chi connectivity index (χ3n) is 5.20. The molecule has 0 saturated carbocycles. The molecule has 0 radical (unpaired) electrons. The van der Waals surface area contributed by atoms with Gasteiger partial charge in [-0.2, -0.15) is 0 Å². The van der Waals surface area contributed by atoms with Crippen molar-refractivity contribution in [2.24, 2.45) is 0 Å². The number of aryl methyl sites for hydroxylation is 1. The molecule has 3 aromatic carbocycles. The summed E-state index contributed by atoms with van der Waals surface area (Å²) >= 11 is 0. The number of hydrogen-bond donors (Lipinski definition) is 1. The molecule has 0 aliphatic carbocycles. The second-order valence-electron chi connectivity index (χ2n) is 7.53. The Morgan fingerprint density at radius 1 is 0.939 bits per heavy atom. The summed E-state index contributed by atoms with van der Waals surface area (Å²) in [5.74, 6) is 0.529. The van der Waals surface area contributed by atoms with E-state index < -0.39 is 28.5 Å². The number of nitrogens with zero attached hydrogens (tertiary/aromatic N) is 1. The number of carbonyl (C=O) groups excluding carboxylic acids is 1. The van der Waals surface area contributed by atoms with Gasteiger partial charge in [0.1, 0.15) is 18.0 Å². The lowest BCUT2D eigenvalue weighted by Gasteiger charge is -2.27. The summed E-state index contributed by atoms with van der Waals surface area (Å²) < 4.78 is 39.0. The summed E-state index contributed by atoms with van der Waals surface area (Å²) in [4.78, 5) is 13.2. The smallest absolute Gasteiger partial charge is 0.264 e. The molecule has 0 fully saturated rings. The van der Waals surface area contributed by atoms with Crippen LogP contribution in [0.5, 0.6) is 11.5 Å². The molecule has 0 unspecified atom stereocenters. The molecule has 1 amide bonds. The lowest BCUT2D eigenvalue weighted by molar-refractivity contribution is -0.120. The molecule has 0 aliphatic rings. The maximum absolute atomic E-state index is 13.6. The van der Waals surface area contributed by atoms with Crippen LogP contribution in [0.25, 0.3) is 0 Å². The van der Waals surface area contributed by atoms with E-state index in [9.17, 15) is 13.2 Å². The SMILES string of the molecule is COc1ccccc1[C@@H](C)NC(=O)CN(c1cc(C)ccc1OC)S(=O)(=O)c1ccccc1. The Labute approximate surface area is 195 Å². The van der Waals surface area contributed by atoms with E-state index in [0.29, 0.717) is 17.2 Å². The molecular formula is C25H28N2O5S. The molecule has 3 rings (SSSR count). The zero-order chi connectivity index (χ0) is 24.0. The van der Waals surface area contributed by atoms with Crippen LogP contribution in [0.2, 0.25) is 0 Å². The third kappa shape index (κ3) is 5.46.